The van der Waals surface area contributed by atoms with E-state index in [2.05, 4.69) is 22.3 Å². The molecule has 0 spiro atoms. The van der Waals surface area contributed by atoms with E-state index in [1.807, 2.05) is 4.90 Å². The number of piperazine rings is 1. The normalized spacial score (nSPS) is 19.4. The molecule has 2 aliphatic heterocycles. The zero-order valence-corrected chi connectivity index (χ0v) is 12.9. The van der Waals surface area contributed by atoms with E-state index in [4.69, 9.17) is 0 Å². The van der Waals surface area contributed by atoms with Crippen LogP contribution in [0.25, 0.3) is 0 Å². The number of amidine groups is 1. The van der Waals surface area contributed by atoms with Gasteiger partial charge in [-0.05, 0) is 7.05 Å². The Bertz CT molecular complexity index is 296. The Morgan fingerprint density at radius 1 is 1.33 bits per heavy atom. The number of halogens is 2. The third-order valence-corrected chi connectivity index (χ3v) is 3.77. The number of carbonyl (C=O) groups is 1. The van der Waals surface area contributed by atoms with Crippen molar-refractivity contribution in [1.29, 1.82) is 0 Å². The molecule has 0 saturated carbocycles. The third-order valence-electron chi connectivity index (χ3n) is 2.83. The van der Waals surface area contributed by atoms with Crippen molar-refractivity contribution < 1.29 is 4.79 Å². The number of nitrogens with zero attached hydrogens (tertiary/aromatic N) is 3. The van der Waals surface area contributed by atoms with E-state index in [1.54, 1.807) is 0 Å². The summed E-state index contributed by atoms with van der Waals surface area (Å²) in [6.07, 6.45) is 0. The van der Waals surface area contributed by atoms with Crippen molar-refractivity contribution in [3.8, 4) is 0 Å². The maximum atomic E-state index is 11.9. The zero-order valence-electron chi connectivity index (χ0n) is 10.4. The summed E-state index contributed by atoms with van der Waals surface area (Å²) >= 11 is 1.52. The number of aliphatic imine (C=N–C) groups is 1. The van der Waals surface area contributed by atoms with Crippen molar-refractivity contribution in [2.45, 2.75) is 0 Å². The van der Waals surface area contributed by atoms with Crippen LogP contribution in [0.1, 0.15) is 0 Å². The van der Waals surface area contributed by atoms with Gasteiger partial charge in [0.1, 0.15) is 0 Å². The summed E-state index contributed by atoms with van der Waals surface area (Å²) < 4.78 is 0. The smallest absolute Gasteiger partial charge is 0.233 e. The van der Waals surface area contributed by atoms with Crippen LogP contribution in [0.4, 0.5) is 0 Å². The van der Waals surface area contributed by atoms with E-state index >= 15 is 0 Å². The number of hydrogen-bond acceptors (Lipinski definition) is 5. The Labute approximate surface area is 125 Å². The molecule has 2 rings (SSSR count). The maximum absolute atomic E-state index is 11.9. The average molecular weight is 315 g/mol. The van der Waals surface area contributed by atoms with E-state index in [0.717, 1.165) is 44.4 Å². The molecule has 1 saturated heterocycles. The fraction of sp³-hybridized carbons (Fsp3) is 0.800. The minimum Gasteiger partial charge on any atom is -0.363 e. The van der Waals surface area contributed by atoms with Crippen LogP contribution in [0.15, 0.2) is 4.99 Å². The molecule has 2 heterocycles. The molecule has 0 aromatic rings. The van der Waals surface area contributed by atoms with Crippen LogP contribution in [0.2, 0.25) is 0 Å². The molecule has 0 bridgehead atoms. The van der Waals surface area contributed by atoms with Gasteiger partial charge in [-0.3, -0.25) is 9.79 Å². The van der Waals surface area contributed by atoms with Gasteiger partial charge in [0.2, 0.25) is 5.91 Å². The first-order valence-corrected chi connectivity index (χ1v) is 6.62. The van der Waals surface area contributed by atoms with Gasteiger partial charge < -0.3 is 15.1 Å². The molecule has 0 aromatic heterocycles. The zero-order chi connectivity index (χ0) is 11.4. The van der Waals surface area contributed by atoms with E-state index in [-0.39, 0.29) is 30.7 Å². The highest BCUT2D eigenvalue weighted by Gasteiger charge is 2.19. The van der Waals surface area contributed by atoms with Crippen molar-refractivity contribution in [3.05, 3.63) is 0 Å². The number of likely N-dealkylation sites (N-methyl/N-ethyl adjacent to an activating group) is 1. The quantitative estimate of drug-likeness (QED) is 0.796. The van der Waals surface area contributed by atoms with Crippen molar-refractivity contribution in [3.63, 3.8) is 0 Å². The molecule has 0 aliphatic carbocycles. The summed E-state index contributed by atoms with van der Waals surface area (Å²) in [5, 5.41) is 4.07. The summed E-state index contributed by atoms with van der Waals surface area (Å²) in [6.45, 7) is 5.42. The summed E-state index contributed by atoms with van der Waals surface area (Å²) in [4.78, 5) is 20.3. The van der Waals surface area contributed by atoms with E-state index in [0.29, 0.717) is 5.75 Å². The molecule has 8 heteroatoms. The fourth-order valence-electron chi connectivity index (χ4n) is 1.75. The lowest BCUT2D eigenvalue weighted by molar-refractivity contribution is -0.129. The molecule has 2 aliphatic rings. The first-order valence-electron chi connectivity index (χ1n) is 5.63. The van der Waals surface area contributed by atoms with Gasteiger partial charge in [0.05, 0.1) is 12.3 Å². The largest absolute Gasteiger partial charge is 0.363 e. The fourth-order valence-corrected chi connectivity index (χ4v) is 2.58. The van der Waals surface area contributed by atoms with Crippen LogP contribution in [0.3, 0.4) is 0 Å². The molecule has 1 N–H and O–H groups in total. The van der Waals surface area contributed by atoms with Crippen molar-refractivity contribution in [2.75, 3.05) is 52.1 Å². The Balaban J connectivity index is 0.00000144. The molecular weight excluding hydrogens is 295 g/mol. The van der Waals surface area contributed by atoms with E-state index in [1.165, 1.54) is 11.8 Å². The highest BCUT2D eigenvalue weighted by atomic mass is 35.5. The van der Waals surface area contributed by atoms with Crippen LogP contribution in [-0.2, 0) is 4.79 Å². The van der Waals surface area contributed by atoms with Crippen molar-refractivity contribution in [2.24, 2.45) is 4.99 Å². The molecule has 5 nitrogen and oxygen atoms in total. The van der Waals surface area contributed by atoms with Crippen molar-refractivity contribution in [1.82, 2.24) is 15.1 Å². The summed E-state index contributed by atoms with van der Waals surface area (Å²) in [6, 6.07) is 0. The van der Waals surface area contributed by atoms with Gasteiger partial charge in [-0.1, -0.05) is 11.8 Å². The lowest BCUT2D eigenvalue weighted by Gasteiger charge is -2.32. The Kier molecular flexibility index (Phi) is 8.77. The molecule has 0 radical (unpaired) electrons. The number of rotatable bonds is 2. The monoisotopic (exact) mass is 314 g/mol. The topological polar surface area (TPSA) is 47.9 Å². The minimum atomic E-state index is 0. The van der Waals surface area contributed by atoms with E-state index < -0.39 is 0 Å². The van der Waals surface area contributed by atoms with Gasteiger partial charge in [0.25, 0.3) is 0 Å². The number of nitrogens with one attached hydrogen (secondary N) is 1. The van der Waals surface area contributed by atoms with Crippen LogP contribution in [0.5, 0.6) is 0 Å². The SMILES string of the molecule is CN1CCN(C(=O)CSC2=NCCN2)CC1.Cl.Cl. The number of hydrogen-bond donors (Lipinski definition) is 1. The van der Waals surface area contributed by atoms with Gasteiger partial charge >= 0.3 is 0 Å². The second-order valence-corrected chi connectivity index (χ2v) is 5.05. The first kappa shape index (κ1) is 17.8. The lowest BCUT2D eigenvalue weighted by atomic mass is 10.3. The first-order chi connectivity index (χ1) is 7.75. The third kappa shape index (κ3) is 5.22. The van der Waals surface area contributed by atoms with Crippen LogP contribution in [-0.4, -0.2) is 72.9 Å². The summed E-state index contributed by atoms with van der Waals surface area (Å²) in [7, 11) is 2.09. The van der Waals surface area contributed by atoms with Gasteiger partial charge in [-0.25, -0.2) is 0 Å². The summed E-state index contributed by atoms with van der Waals surface area (Å²) in [5.74, 6) is 0.740. The highest BCUT2D eigenvalue weighted by Crippen LogP contribution is 2.08. The van der Waals surface area contributed by atoms with Gasteiger partial charge in [-0.2, -0.15) is 0 Å². The molecule has 1 amide bonds. The number of amides is 1. The van der Waals surface area contributed by atoms with Gasteiger partial charge in [-0.15, -0.1) is 24.8 Å². The standard InChI is InChI=1S/C10H18N4OS.2ClH/c1-13-4-6-14(7-5-13)9(15)8-16-10-11-2-3-12-10;;/h2-8H2,1H3,(H,11,12);2*1H. The minimum absolute atomic E-state index is 0. The van der Waals surface area contributed by atoms with Crippen LogP contribution >= 0.6 is 36.6 Å². The average Bonchev–Trinajstić information content (AvgIpc) is 2.80. The molecular formula is C10H20Cl2N4OS. The predicted octanol–water partition coefficient (Wildman–Crippen LogP) is 0.296. The molecule has 1 fully saturated rings. The van der Waals surface area contributed by atoms with Crippen LogP contribution in [0, 0.1) is 0 Å². The second-order valence-electron chi connectivity index (χ2n) is 4.09. The number of carbonyl (C=O) groups excluding carboxylic acids is 1. The highest BCUT2D eigenvalue weighted by molar-refractivity contribution is 8.14. The molecule has 0 atom stereocenters. The summed E-state index contributed by atoms with van der Waals surface area (Å²) in [5.41, 5.74) is 0. The Hall–Kier alpha value is -0.170. The van der Waals surface area contributed by atoms with Crippen molar-refractivity contribution >= 4 is 47.7 Å². The Morgan fingerprint density at radius 2 is 2.00 bits per heavy atom. The molecule has 0 unspecified atom stereocenters. The number of thioether (sulfide) groups is 1. The van der Waals surface area contributed by atoms with E-state index in [9.17, 15) is 4.79 Å². The molecule has 18 heavy (non-hydrogen) atoms. The predicted molar refractivity (Wildman–Crippen MR) is 81.3 cm³/mol. The van der Waals surface area contributed by atoms with Crippen LogP contribution < -0.4 is 5.32 Å². The maximum Gasteiger partial charge on any atom is 0.233 e. The Morgan fingerprint density at radius 3 is 2.56 bits per heavy atom. The van der Waals surface area contributed by atoms with Gasteiger partial charge in [0.15, 0.2) is 5.17 Å². The second kappa shape index (κ2) is 8.85. The van der Waals surface area contributed by atoms with Gasteiger partial charge in [0, 0.05) is 32.7 Å². The molecule has 106 valence electrons. The lowest BCUT2D eigenvalue weighted by Crippen LogP contribution is -2.47. The molecule has 0 aromatic carbocycles.